The van der Waals surface area contributed by atoms with Crippen LogP contribution in [-0.4, -0.2) is 18.2 Å². The average Bonchev–Trinajstić information content (AvgIpc) is 2.53. The summed E-state index contributed by atoms with van der Waals surface area (Å²) in [5.74, 6) is -0.149. The predicted molar refractivity (Wildman–Crippen MR) is 90.9 cm³/mol. The van der Waals surface area contributed by atoms with E-state index in [1.165, 1.54) is 11.1 Å². The van der Waals surface area contributed by atoms with Gasteiger partial charge in [0.25, 0.3) is 0 Å². The second kappa shape index (κ2) is 5.92. The van der Waals surface area contributed by atoms with Crippen LogP contribution in [0.3, 0.4) is 0 Å². The summed E-state index contributed by atoms with van der Waals surface area (Å²) in [5.41, 5.74) is 6.72. The first-order valence-corrected chi connectivity index (χ1v) is 7.73. The Hall–Kier alpha value is -2.55. The van der Waals surface area contributed by atoms with Crippen LogP contribution >= 0.6 is 0 Å². The Morgan fingerprint density at radius 3 is 2.52 bits per heavy atom. The van der Waals surface area contributed by atoms with Gasteiger partial charge >= 0.3 is 5.97 Å². The maximum atomic E-state index is 11.8. The molecule has 1 aliphatic rings. The van der Waals surface area contributed by atoms with Gasteiger partial charge < -0.3 is 9.84 Å². The minimum Gasteiger partial charge on any atom is -0.496 e. The molecule has 3 heteroatoms. The lowest BCUT2D eigenvalue weighted by Crippen LogP contribution is -2.14. The molecular formula is C20H20O3. The normalized spacial score (nSPS) is 13.7. The van der Waals surface area contributed by atoms with Crippen molar-refractivity contribution in [3.05, 3.63) is 69.8 Å². The van der Waals surface area contributed by atoms with Gasteiger partial charge in [-0.2, -0.15) is 0 Å². The van der Waals surface area contributed by atoms with E-state index in [1.54, 1.807) is 7.11 Å². The van der Waals surface area contributed by atoms with Gasteiger partial charge in [0.05, 0.1) is 7.11 Å². The largest absolute Gasteiger partial charge is 0.496 e. The van der Waals surface area contributed by atoms with Crippen LogP contribution in [-0.2, 0) is 11.2 Å². The molecule has 0 heterocycles. The number of aliphatic carboxylic acids is 1. The Labute approximate surface area is 136 Å². The van der Waals surface area contributed by atoms with Crippen molar-refractivity contribution >= 4 is 11.5 Å². The molecule has 23 heavy (non-hydrogen) atoms. The molecule has 0 saturated heterocycles. The summed E-state index contributed by atoms with van der Waals surface area (Å²) in [6, 6.07) is 11.9. The minimum atomic E-state index is -0.851. The molecule has 3 nitrogen and oxygen atoms in total. The number of carboxylic acid groups (broad SMARTS) is 1. The van der Waals surface area contributed by atoms with Crippen molar-refractivity contribution < 1.29 is 14.6 Å². The molecule has 0 aromatic heterocycles. The van der Waals surface area contributed by atoms with Crippen molar-refractivity contribution in [3.63, 3.8) is 0 Å². The summed E-state index contributed by atoms with van der Waals surface area (Å²) < 4.78 is 5.48. The zero-order chi connectivity index (χ0) is 16.6. The molecule has 0 spiro atoms. The van der Waals surface area contributed by atoms with Crippen LogP contribution in [0.2, 0.25) is 0 Å². The molecule has 2 aromatic carbocycles. The number of hydrogen-bond acceptors (Lipinski definition) is 2. The van der Waals surface area contributed by atoms with Gasteiger partial charge in [0, 0.05) is 16.7 Å². The van der Waals surface area contributed by atoms with Gasteiger partial charge in [-0.15, -0.1) is 0 Å². The second-order valence-corrected chi connectivity index (χ2v) is 5.97. The summed E-state index contributed by atoms with van der Waals surface area (Å²) in [4.78, 5) is 11.8. The molecule has 0 saturated carbocycles. The zero-order valence-corrected chi connectivity index (χ0v) is 13.6. The molecule has 0 amide bonds. The van der Waals surface area contributed by atoms with Crippen molar-refractivity contribution in [2.45, 2.75) is 26.7 Å². The van der Waals surface area contributed by atoms with E-state index in [4.69, 9.17) is 4.74 Å². The van der Waals surface area contributed by atoms with Crippen LogP contribution < -0.4 is 4.74 Å². The van der Waals surface area contributed by atoms with E-state index < -0.39 is 5.97 Å². The van der Waals surface area contributed by atoms with Gasteiger partial charge in [0.2, 0.25) is 0 Å². The molecule has 3 rings (SSSR count). The van der Waals surface area contributed by atoms with Gasteiger partial charge in [-0.3, -0.25) is 0 Å². The van der Waals surface area contributed by atoms with E-state index in [1.807, 2.05) is 31.2 Å². The van der Waals surface area contributed by atoms with Crippen LogP contribution in [0.25, 0.3) is 5.57 Å². The number of methoxy groups -OCH3 is 1. The van der Waals surface area contributed by atoms with E-state index in [0.29, 0.717) is 17.7 Å². The maximum Gasteiger partial charge on any atom is 0.332 e. The zero-order valence-electron chi connectivity index (χ0n) is 13.6. The fraction of sp³-hybridized carbons (Fsp3) is 0.250. The van der Waals surface area contributed by atoms with Crippen LogP contribution in [0, 0.1) is 13.8 Å². The van der Waals surface area contributed by atoms with E-state index in [2.05, 4.69) is 19.1 Å². The van der Waals surface area contributed by atoms with Crippen molar-refractivity contribution in [2.75, 3.05) is 7.11 Å². The number of ether oxygens (including phenoxy) is 1. The molecule has 0 bridgehead atoms. The summed E-state index contributed by atoms with van der Waals surface area (Å²) in [6.07, 6.45) is 1.31. The second-order valence-electron chi connectivity index (χ2n) is 5.97. The minimum absolute atomic E-state index is 0.465. The predicted octanol–water partition coefficient (Wildman–Crippen LogP) is 4.14. The highest BCUT2D eigenvalue weighted by molar-refractivity contribution is 6.03. The SMILES string of the molecule is COc1ccccc1C1=C(C(=O)O)CCc2c(C)cc(C)cc21. The van der Waals surface area contributed by atoms with Crippen LogP contribution in [0.15, 0.2) is 42.0 Å². The van der Waals surface area contributed by atoms with E-state index in [9.17, 15) is 9.90 Å². The standard InChI is InChI=1S/C20H20O3/c1-12-10-13(2)14-8-9-16(20(21)22)19(17(14)11-12)15-6-4-5-7-18(15)23-3/h4-7,10-11H,8-9H2,1-3H3,(H,21,22). The van der Waals surface area contributed by atoms with Crippen molar-refractivity contribution in [2.24, 2.45) is 0 Å². The first-order valence-electron chi connectivity index (χ1n) is 7.73. The molecule has 0 fully saturated rings. The highest BCUT2D eigenvalue weighted by atomic mass is 16.5. The molecule has 2 aromatic rings. The van der Waals surface area contributed by atoms with Gasteiger partial charge in [0.15, 0.2) is 0 Å². The van der Waals surface area contributed by atoms with Crippen LogP contribution in [0.1, 0.15) is 34.2 Å². The Morgan fingerprint density at radius 2 is 1.83 bits per heavy atom. The smallest absolute Gasteiger partial charge is 0.332 e. The number of carboxylic acids is 1. The lowest BCUT2D eigenvalue weighted by molar-refractivity contribution is -0.132. The van der Waals surface area contributed by atoms with Gasteiger partial charge in [-0.05, 0) is 49.4 Å². The molecule has 0 aliphatic heterocycles. The Morgan fingerprint density at radius 1 is 1.09 bits per heavy atom. The summed E-state index contributed by atoms with van der Waals surface area (Å²) in [6.45, 7) is 4.14. The quantitative estimate of drug-likeness (QED) is 0.926. The number of hydrogen-bond donors (Lipinski definition) is 1. The van der Waals surface area contributed by atoms with E-state index in [0.717, 1.165) is 28.7 Å². The number of carbonyl (C=O) groups is 1. The molecule has 0 unspecified atom stereocenters. The molecule has 1 aliphatic carbocycles. The fourth-order valence-electron chi connectivity index (χ4n) is 3.46. The average molecular weight is 308 g/mol. The molecular weight excluding hydrogens is 288 g/mol. The van der Waals surface area contributed by atoms with Crippen molar-refractivity contribution in [1.82, 2.24) is 0 Å². The summed E-state index contributed by atoms with van der Waals surface area (Å²) in [7, 11) is 1.62. The summed E-state index contributed by atoms with van der Waals surface area (Å²) in [5, 5.41) is 9.70. The van der Waals surface area contributed by atoms with E-state index >= 15 is 0 Å². The third-order valence-corrected chi connectivity index (χ3v) is 4.45. The topological polar surface area (TPSA) is 46.5 Å². The molecule has 118 valence electrons. The van der Waals surface area contributed by atoms with Gasteiger partial charge in [0.1, 0.15) is 5.75 Å². The van der Waals surface area contributed by atoms with Crippen molar-refractivity contribution in [1.29, 1.82) is 0 Å². The fourth-order valence-corrected chi connectivity index (χ4v) is 3.46. The molecule has 0 radical (unpaired) electrons. The first kappa shape index (κ1) is 15.3. The van der Waals surface area contributed by atoms with Gasteiger partial charge in [-0.1, -0.05) is 35.9 Å². The summed E-state index contributed by atoms with van der Waals surface area (Å²) >= 11 is 0. The number of benzene rings is 2. The molecule has 0 atom stereocenters. The Bertz CT molecular complexity index is 816. The van der Waals surface area contributed by atoms with E-state index in [-0.39, 0.29) is 0 Å². The number of para-hydroxylation sites is 1. The highest BCUT2D eigenvalue weighted by Gasteiger charge is 2.27. The third-order valence-electron chi connectivity index (χ3n) is 4.45. The third kappa shape index (κ3) is 2.63. The number of fused-ring (bicyclic) bond motifs is 1. The number of aryl methyl sites for hydroxylation is 2. The first-order chi connectivity index (χ1) is 11.0. The lowest BCUT2D eigenvalue weighted by atomic mass is 9.79. The van der Waals surface area contributed by atoms with Crippen molar-refractivity contribution in [3.8, 4) is 5.75 Å². The molecule has 1 N–H and O–H groups in total. The Kier molecular flexibility index (Phi) is 3.95. The monoisotopic (exact) mass is 308 g/mol. The Balaban J connectivity index is 2.36. The maximum absolute atomic E-state index is 11.8. The van der Waals surface area contributed by atoms with Crippen LogP contribution in [0.4, 0.5) is 0 Å². The van der Waals surface area contributed by atoms with Gasteiger partial charge in [-0.25, -0.2) is 4.79 Å². The van der Waals surface area contributed by atoms with Crippen LogP contribution in [0.5, 0.6) is 5.75 Å². The highest BCUT2D eigenvalue weighted by Crippen LogP contribution is 2.41. The lowest BCUT2D eigenvalue weighted by Gasteiger charge is -2.25. The number of rotatable bonds is 3.